The van der Waals surface area contributed by atoms with Crippen molar-refractivity contribution in [1.82, 2.24) is 0 Å². The van der Waals surface area contributed by atoms with Crippen LogP contribution < -0.4 is 0 Å². The summed E-state index contributed by atoms with van der Waals surface area (Å²) in [5.41, 5.74) is -0.682. The fraction of sp³-hybridized carbons (Fsp3) is 0.364. The van der Waals surface area contributed by atoms with E-state index in [0.717, 1.165) is 6.07 Å². The van der Waals surface area contributed by atoms with Gasteiger partial charge in [0.1, 0.15) is 5.60 Å². The van der Waals surface area contributed by atoms with Gasteiger partial charge in [0.25, 0.3) is 9.05 Å². The Morgan fingerprint density at radius 2 is 1.84 bits per heavy atom. The highest BCUT2D eigenvalue weighted by Crippen LogP contribution is 2.33. The molecule has 106 valence electrons. The van der Waals surface area contributed by atoms with Gasteiger partial charge in [-0.2, -0.15) is 0 Å². The average Bonchev–Trinajstić information content (AvgIpc) is 2.17. The molecule has 0 saturated carbocycles. The largest absolute Gasteiger partial charge is 0.456 e. The fourth-order valence-electron chi connectivity index (χ4n) is 1.20. The Kier molecular flexibility index (Phi) is 4.93. The molecular formula is C11H11BrCl2O4S. The monoisotopic (exact) mass is 388 g/mol. The SMILES string of the molecule is CC(C)(C)OC(=O)c1cc(Cl)c(Br)c(S(=O)(=O)Cl)c1. The van der Waals surface area contributed by atoms with E-state index in [1.165, 1.54) is 6.07 Å². The van der Waals surface area contributed by atoms with Crippen molar-refractivity contribution in [3.8, 4) is 0 Å². The predicted molar refractivity (Wildman–Crippen MR) is 77.4 cm³/mol. The van der Waals surface area contributed by atoms with E-state index in [2.05, 4.69) is 15.9 Å². The number of halogens is 3. The Morgan fingerprint density at radius 3 is 2.26 bits per heavy atom. The minimum atomic E-state index is -4.02. The summed E-state index contributed by atoms with van der Waals surface area (Å²) in [6, 6.07) is 2.43. The van der Waals surface area contributed by atoms with Crippen molar-refractivity contribution in [3.05, 3.63) is 27.2 Å². The van der Waals surface area contributed by atoms with Crippen LogP contribution in [0.25, 0.3) is 0 Å². The first kappa shape index (κ1) is 16.8. The lowest BCUT2D eigenvalue weighted by Crippen LogP contribution is -2.24. The fourth-order valence-corrected chi connectivity index (χ4v) is 3.58. The molecule has 8 heteroatoms. The number of ether oxygens (including phenoxy) is 1. The lowest BCUT2D eigenvalue weighted by molar-refractivity contribution is 0.00692. The van der Waals surface area contributed by atoms with Gasteiger partial charge in [-0.3, -0.25) is 0 Å². The molecule has 4 nitrogen and oxygen atoms in total. The number of benzene rings is 1. The van der Waals surface area contributed by atoms with Gasteiger partial charge in [-0.15, -0.1) is 0 Å². The molecule has 0 aromatic heterocycles. The van der Waals surface area contributed by atoms with Gasteiger partial charge < -0.3 is 4.74 Å². The lowest BCUT2D eigenvalue weighted by atomic mass is 10.1. The van der Waals surface area contributed by atoms with E-state index in [4.69, 9.17) is 27.0 Å². The van der Waals surface area contributed by atoms with Gasteiger partial charge in [0.05, 0.1) is 20.0 Å². The van der Waals surface area contributed by atoms with E-state index in [0.29, 0.717) is 0 Å². The van der Waals surface area contributed by atoms with Crippen LogP contribution in [0.3, 0.4) is 0 Å². The summed E-state index contributed by atoms with van der Waals surface area (Å²) < 4.78 is 28.0. The standard InChI is InChI=1S/C11H11BrCl2O4S/c1-11(2,3)18-10(15)6-4-7(13)9(12)8(5-6)19(14,16)17/h4-5H,1-3H3. The second kappa shape index (κ2) is 5.60. The van der Waals surface area contributed by atoms with Gasteiger partial charge in [-0.05, 0) is 48.8 Å². The predicted octanol–water partition coefficient (Wildman–Crippen LogP) is 3.99. The van der Waals surface area contributed by atoms with Gasteiger partial charge in [0, 0.05) is 10.7 Å². The average molecular weight is 390 g/mol. The number of hydrogen-bond donors (Lipinski definition) is 0. The molecule has 0 heterocycles. The number of rotatable bonds is 2. The molecule has 19 heavy (non-hydrogen) atoms. The summed E-state index contributed by atoms with van der Waals surface area (Å²) in [6.45, 7) is 5.10. The highest BCUT2D eigenvalue weighted by atomic mass is 79.9. The van der Waals surface area contributed by atoms with E-state index in [-0.39, 0.29) is 20.0 Å². The third-order valence-electron chi connectivity index (χ3n) is 1.89. The molecule has 0 spiro atoms. The topological polar surface area (TPSA) is 60.4 Å². The van der Waals surface area contributed by atoms with Gasteiger partial charge in [-0.25, -0.2) is 13.2 Å². The van der Waals surface area contributed by atoms with Crippen molar-refractivity contribution in [2.75, 3.05) is 0 Å². The Balaban J connectivity index is 3.33. The van der Waals surface area contributed by atoms with Gasteiger partial charge in [0.15, 0.2) is 0 Å². The number of carbonyl (C=O) groups excluding carboxylic acids is 1. The molecule has 0 atom stereocenters. The van der Waals surface area contributed by atoms with Crippen molar-refractivity contribution >= 4 is 53.2 Å². The molecule has 0 fully saturated rings. The van der Waals surface area contributed by atoms with E-state index in [1.807, 2.05) is 0 Å². The van der Waals surface area contributed by atoms with Gasteiger partial charge in [-0.1, -0.05) is 11.6 Å². The van der Waals surface area contributed by atoms with Gasteiger partial charge in [0.2, 0.25) is 0 Å². The Bertz CT molecular complexity index is 620. The lowest BCUT2D eigenvalue weighted by Gasteiger charge is -2.19. The maximum atomic E-state index is 11.9. The third kappa shape index (κ3) is 4.63. The molecule has 0 aliphatic heterocycles. The number of hydrogen-bond acceptors (Lipinski definition) is 4. The van der Waals surface area contributed by atoms with E-state index >= 15 is 0 Å². The number of esters is 1. The van der Waals surface area contributed by atoms with Crippen LogP contribution in [0.15, 0.2) is 21.5 Å². The quantitative estimate of drug-likeness (QED) is 0.566. The van der Waals surface area contributed by atoms with Crippen molar-refractivity contribution in [2.45, 2.75) is 31.3 Å². The Labute approximate surface area is 129 Å². The first-order valence-corrected chi connectivity index (χ1v) is 8.57. The summed E-state index contributed by atoms with van der Waals surface area (Å²) in [4.78, 5) is 11.6. The molecule has 0 bridgehead atoms. The van der Waals surface area contributed by atoms with Crippen LogP contribution in [-0.4, -0.2) is 20.0 Å². The molecule has 0 amide bonds. The van der Waals surface area contributed by atoms with Crippen LogP contribution in [0.2, 0.25) is 5.02 Å². The molecule has 0 N–H and O–H groups in total. The van der Waals surface area contributed by atoms with Crippen LogP contribution in [0.1, 0.15) is 31.1 Å². The second-order valence-corrected chi connectivity index (χ2v) is 8.44. The third-order valence-corrected chi connectivity index (χ3v) is 4.88. The minimum absolute atomic E-state index is 0.0161. The summed E-state index contributed by atoms with van der Waals surface area (Å²) in [5, 5.41) is 0.0579. The maximum Gasteiger partial charge on any atom is 0.338 e. The van der Waals surface area contributed by atoms with Crippen LogP contribution in [0, 0.1) is 0 Å². The van der Waals surface area contributed by atoms with Crippen molar-refractivity contribution < 1.29 is 17.9 Å². The van der Waals surface area contributed by atoms with Crippen molar-refractivity contribution in [3.63, 3.8) is 0 Å². The molecule has 0 saturated heterocycles. The normalized spacial score (nSPS) is 12.3. The first-order chi connectivity index (χ1) is 8.42. The van der Waals surface area contributed by atoms with Crippen LogP contribution in [0.4, 0.5) is 0 Å². The molecular weight excluding hydrogens is 379 g/mol. The summed E-state index contributed by atoms with van der Waals surface area (Å²) in [5.74, 6) is -0.677. The molecule has 0 radical (unpaired) electrons. The zero-order valence-electron chi connectivity index (χ0n) is 10.3. The molecule has 1 aromatic carbocycles. The minimum Gasteiger partial charge on any atom is -0.456 e. The van der Waals surface area contributed by atoms with Crippen molar-refractivity contribution in [2.24, 2.45) is 0 Å². The highest BCUT2D eigenvalue weighted by Gasteiger charge is 2.23. The zero-order valence-corrected chi connectivity index (χ0v) is 14.2. The first-order valence-electron chi connectivity index (χ1n) is 5.09. The van der Waals surface area contributed by atoms with Crippen LogP contribution >= 0.6 is 38.2 Å². The second-order valence-electron chi connectivity index (χ2n) is 4.71. The molecule has 1 aromatic rings. The van der Waals surface area contributed by atoms with E-state index < -0.39 is 20.6 Å². The van der Waals surface area contributed by atoms with E-state index in [1.54, 1.807) is 20.8 Å². The van der Waals surface area contributed by atoms with Gasteiger partial charge >= 0.3 is 5.97 Å². The van der Waals surface area contributed by atoms with Crippen LogP contribution in [0.5, 0.6) is 0 Å². The Morgan fingerprint density at radius 1 is 1.32 bits per heavy atom. The number of carbonyl (C=O) groups is 1. The summed E-state index contributed by atoms with van der Waals surface area (Å²) in [6.07, 6.45) is 0. The molecule has 0 aliphatic rings. The Hall–Kier alpha value is -0.300. The smallest absolute Gasteiger partial charge is 0.338 e. The molecule has 0 unspecified atom stereocenters. The van der Waals surface area contributed by atoms with Crippen LogP contribution in [-0.2, 0) is 13.8 Å². The van der Waals surface area contributed by atoms with E-state index in [9.17, 15) is 13.2 Å². The molecule has 0 aliphatic carbocycles. The highest BCUT2D eigenvalue weighted by molar-refractivity contribution is 9.10. The summed E-state index contributed by atoms with van der Waals surface area (Å²) in [7, 11) is 1.25. The van der Waals surface area contributed by atoms with Crippen molar-refractivity contribution in [1.29, 1.82) is 0 Å². The summed E-state index contributed by atoms with van der Waals surface area (Å²) >= 11 is 8.88. The molecule has 1 rings (SSSR count). The zero-order chi connectivity index (χ0) is 15.0. The maximum absolute atomic E-state index is 11.9.